The summed E-state index contributed by atoms with van der Waals surface area (Å²) < 4.78 is 9.19. The molecule has 0 aromatic heterocycles. The Morgan fingerprint density at radius 1 is 2.00 bits per heavy atom. The fourth-order valence-electron chi connectivity index (χ4n) is 0.0211. The van der Waals surface area contributed by atoms with Crippen molar-refractivity contribution in [2.24, 2.45) is 4.88 Å². The van der Waals surface area contributed by atoms with Gasteiger partial charge in [-0.2, -0.15) is 0 Å². The molecule has 5 heteroatoms. The first-order valence-electron chi connectivity index (χ1n) is 0.894. The molecule has 0 aromatic carbocycles. The Labute approximate surface area is 29.7 Å². The van der Waals surface area contributed by atoms with E-state index in [1.165, 1.54) is 0 Å². The Morgan fingerprint density at radius 3 is 2.60 bits per heavy atom. The maximum Gasteiger partial charge on any atom is 0.151 e. The predicted octanol–water partition coefficient (Wildman–Crippen LogP) is 0.968. The molecule has 28 valence electrons. The summed E-state index contributed by atoms with van der Waals surface area (Å²) in [5.41, 5.74) is 7.35. The smallest absolute Gasteiger partial charge is 0.151 e. The van der Waals surface area contributed by atoms with Crippen molar-refractivity contribution in [3.05, 3.63) is 10.4 Å². The minimum absolute atomic E-state index is 1.26. The van der Waals surface area contributed by atoms with Gasteiger partial charge in [0.15, 0.2) is 8.61 Å². The lowest BCUT2D eigenvalue weighted by Crippen LogP contribution is -1.05. The summed E-state index contributed by atoms with van der Waals surface area (Å²) in [5.74, 6) is 0. The van der Waals surface area contributed by atoms with Gasteiger partial charge in [0, 0.05) is 4.91 Å². The predicted molar refractivity (Wildman–Crippen MR) is 19.5 cm³/mol. The normalized spacial score (nSPS) is 8.00. The molecule has 1 unspecified atom stereocenters. The fourth-order valence-corrected chi connectivity index (χ4v) is 0.0632. The van der Waals surface area contributed by atoms with Crippen LogP contribution in [0.25, 0.3) is 10.4 Å². The molecule has 0 amide bonds. The van der Waals surface area contributed by atoms with E-state index >= 15 is 0 Å². The largest absolute Gasteiger partial charge is 0.323 e. The molecule has 0 aliphatic rings. The summed E-state index contributed by atoms with van der Waals surface area (Å²) in [6.07, 6.45) is 0. The molecule has 0 bridgehead atoms. The van der Waals surface area contributed by atoms with Gasteiger partial charge in [-0.3, -0.25) is 0 Å². The van der Waals surface area contributed by atoms with Crippen LogP contribution < -0.4 is 0 Å². The van der Waals surface area contributed by atoms with Crippen LogP contribution in [0.2, 0.25) is 0 Å². The summed E-state index contributed by atoms with van der Waals surface area (Å²) in [5, 5.41) is 0. The number of hydrogen-bond acceptors (Lipinski definition) is 1. The van der Waals surface area contributed by atoms with Crippen LogP contribution in [-0.2, 0) is 4.57 Å². The fraction of sp³-hybridized carbons (Fsp3) is 0. The Morgan fingerprint density at radius 2 is 2.60 bits per heavy atom. The molecule has 0 aliphatic heterocycles. The number of rotatable bonds is 1. The van der Waals surface area contributed by atoms with Gasteiger partial charge >= 0.3 is 0 Å². The van der Waals surface area contributed by atoms with Gasteiger partial charge in [0.2, 0.25) is 0 Å². The van der Waals surface area contributed by atoms with Gasteiger partial charge in [-0.05, 0) is 10.4 Å². The van der Waals surface area contributed by atoms with Crippen LogP contribution in [0, 0.1) is 0 Å². The molecule has 0 spiro atoms. The quantitative estimate of drug-likeness (QED) is 0.205. The molecule has 0 fully saturated rings. The standard InChI is InChI=1S/H2N3OP/c1-2-3-5-4/h5H2. The van der Waals surface area contributed by atoms with Gasteiger partial charge in [0.05, 0.1) is 0 Å². The van der Waals surface area contributed by atoms with Crippen molar-refractivity contribution in [3.8, 4) is 0 Å². The first-order valence-corrected chi connectivity index (χ1v) is 1.88. The van der Waals surface area contributed by atoms with E-state index < -0.39 is 8.61 Å². The molecule has 0 saturated carbocycles. The summed E-state index contributed by atoms with van der Waals surface area (Å²) in [7, 11) is -1.26. The van der Waals surface area contributed by atoms with Crippen LogP contribution in [0.15, 0.2) is 4.88 Å². The maximum atomic E-state index is 9.19. The minimum atomic E-state index is -1.26. The second kappa shape index (κ2) is 3.54. The van der Waals surface area contributed by atoms with Crippen molar-refractivity contribution in [3.63, 3.8) is 0 Å². The number of hydrogen-bond donors (Lipinski definition) is 0. The van der Waals surface area contributed by atoms with Gasteiger partial charge in [-0.15, -0.1) is 0 Å². The van der Waals surface area contributed by atoms with Crippen LogP contribution in [0.4, 0.5) is 0 Å². The van der Waals surface area contributed by atoms with Crippen molar-refractivity contribution in [2.45, 2.75) is 0 Å². The monoisotopic (exact) mass is 91.0 g/mol. The van der Waals surface area contributed by atoms with Crippen molar-refractivity contribution < 1.29 is 4.57 Å². The van der Waals surface area contributed by atoms with E-state index in [0.29, 0.717) is 0 Å². The molecule has 0 rings (SSSR count). The van der Waals surface area contributed by atoms with Crippen molar-refractivity contribution in [2.75, 3.05) is 0 Å². The van der Waals surface area contributed by atoms with E-state index in [9.17, 15) is 4.57 Å². The summed E-state index contributed by atoms with van der Waals surface area (Å²) in [6.45, 7) is 0. The molecule has 0 N–H and O–H groups in total. The van der Waals surface area contributed by atoms with Gasteiger partial charge < -0.3 is 4.57 Å². The van der Waals surface area contributed by atoms with E-state index in [0.717, 1.165) is 0 Å². The van der Waals surface area contributed by atoms with E-state index in [4.69, 9.17) is 5.53 Å². The molecular formula is H2N3OP. The van der Waals surface area contributed by atoms with Crippen molar-refractivity contribution in [1.82, 2.24) is 0 Å². The zero-order chi connectivity index (χ0) is 4.12. The Kier molecular flexibility index (Phi) is 3.21. The topological polar surface area (TPSA) is 65.8 Å². The Hall–Kier alpha value is -0.460. The highest BCUT2D eigenvalue weighted by Crippen LogP contribution is 1.88. The number of nitrogens with zero attached hydrogens (tertiary/aromatic N) is 3. The van der Waals surface area contributed by atoms with E-state index in [1.807, 2.05) is 0 Å². The average Bonchev–Trinajstić information content (AvgIpc) is 1.41. The highest BCUT2D eigenvalue weighted by atomic mass is 31.1. The third-order valence-electron chi connectivity index (χ3n) is 0.0988. The lowest BCUT2D eigenvalue weighted by Gasteiger charge is -1.41. The van der Waals surface area contributed by atoms with Gasteiger partial charge in [-0.1, -0.05) is 0 Å². The summed E-state index contributed by atoms with van der Waals surface area (Å²) >= 11 is 0. The van der Waals surface area contributed by atoms with Crippen molar-refractivity contribution in [1.29, 1.82) is 0 Å². The average molecular weight is 91.0 g/mol. The third-order valence-corrected chi connectivity index (χ3v) is 0.296. The first kappa shape index (κ1) is 4.54. The Balaban J connectivity index is 3.31. The maximum absolute atomic E-state index is 9.19. The van der Waals surface area contributed by atoms with Crippen LogP contribution in [0.1, 0.15) is 0 Å². The molecule has 5 heavy (non-hydrogen) atoms. The second-order valence-corrected chi connectivity index (χ2v) is 0.752. The molecule has 4 nitrogen and oxygen atoms in total. The van der Waals surface area contributed by atoms with E-state index in [2.05, 4.69) is 9.80 Å². The molecule has 0 radical (unpaired) electrons. The zero-order valence-electron chi connectivity index (χ0n) is 2.33. The van der Waals surface area contributed by atoms with Gasteiger partial charge in [0.25, 0.3) is 0 Å². The minimum Gasteiger partial charge on any atom is -0.323 e. The van der Waals surface area contributed by atoms with E-state index in [-0.39, 0.29) is 0 Å². The molecule has 0 aliphatic carbocycles. The van der Waals surface area contributed by atoms with Crippen LogP contribution in [-0.4, -0.2) is 0 Å². The van der Waals surface area contributed by atoms with Crippen LogP contribution in [0.5, 0.6) is 0 Å². The zero-order valence-corrected chi connectivity index (χ0v) is 3.48. The lowest BCUT2D eigenvalue weighted by atomic mass is 13.0. The lowest BCUT2D eigenvalue weighted by molar-refractivity contribution is 0.599. The van der Waals surface area contributed by atoms with Crippen molar-refractivity contribution >= 4 is 8.61 Å². The molecule has 1 atom stereocenters. The SMILES string of the molecule is [N-]=[N+]=N[PH2]=O. The Bertz CT molecular complexity index is 71.0. The number of azide groups is 1. The summed E-state index contributed by atoms with van der Waals surface area (Å²) in [4.78, 5) is 4.88. The van der Waals surface area contributed by atoms with Gasteiger partial charge in [0.1, 0.15) is 0 Å². The van der Waals surface area contributed by atoms with Gasteiger partial charge in [-0.25, -0.2) is 0 Å². The molecule has 0 saturated heterocycles. The molecular weight excluding hydrogens is 89.0 g/mol. The highest BCUT2D eigenvalue weighted by molar-refractivity contribution is 7.21. The first-order chi connectivity index (χ1) is 2.41. The highest BCUT2D eigenvalue weighted by Gasteiger charge is 1.43. The molecule has 0 heterocycles. The van der Waals surface area contributed by atoms with Crippen LogP contribution in [0.3, 0.4) is 0 Å². The van der Waals surface area contributed by atoms with Crippen LogP contribution >= 0.6 is 8.61 Å². The van der Waals surface area contributed by atoms with E-state index in [1.54, 1.807) is 0 Å². The third kappa shape index (κ3) is 3.54. The summed E-state index contributed by atoms with van der Waals surface area (Å²) in [6, 6.07) is 0. The second-order valence-electron chi connectivity index (χ2n) is 0.310. The molecule has 0 aromatic rings.